The number of aromatic hydroxyl groups is 1. The van der Waals surface area contributed by atoms with Crippen LogP contribution in [0.5, 0.6) is 23.0 Å². The van der Waals surface area contributed by atoms with Crippen molar-refractivity contribution < 1.29 is 39.1 Å². The molecule has 0 aliphatic carbocycles. The van der Waals surface area contributed by atoms with Gasteiger partial charge >= 0.3 is 11.9 Å². The normalized spacial score (nSPS) is 13.5. The fourth-order valence-corrected chi connectivity index (χ4v) is 3.25. The molecule has 0 atom stereocenters. The highest BCUT2D eigenvalue weighted by molar-refractivity contribution is 6.27. The SMILES string of the molecule is COc1ccc(N2CCN(Cc3cc(OC)c(O)c(OC)c3)CC2)cc1.O=C(O)C(=O)O. The molecule has 3 rings (SSSR count). The van der Waals surface area contributed by atoms with Gasteiger partial charge in [0.05, 0.1) is 21.3 Å². The van der Waals surface area contributed by atoms with Gasteiger partial charge < -0.3 is 34.4 Å². The zero-order chi connectivity index (χ0) is 23.7. The number of ether oxygens (including phenoxy) is 3. The molecule has 1 saturated heterocycles. The Morgan fingerprint density at radius 3 is 1.75 bits per heavy atom. The zero-order valence-corrected chi connectivity index (χ0v) is 18.3. The number of hydrogen-bond acceptors (Lipinski definition) is 8. The number of anilines is 1. The molecule has 2 aromatic carbocycles. The fourth-order valence-electron chi connectivity index (χ4n) is 3.25. The number of phenolic OH excluding ortho intramolecular Hbond substituents is 1. The molecule has 2 aromatic rings. The first kappa shape index (κ1) is 24.6. The highest BCUT2D eigenvalue weighted by Crippen LogP contribution is 2.37. The molecule has 1 fully saturated rings. The summed E-state index contributed by atoms with van der Waals surface area (Å²) in [5.74, 6) is -1.84. The average Bonchev–Trinajstić information content (AvgIpc) is 2.81. The van der Waals surface area contributed by atoms with Crippen molar-refractivity contribution in [3.05, 3.63) is 42.0 Å². The summed E-state index contributed by atoms with van der Waals surface area (Å²) in [6, 6.07) is 11.9. The van der Waals surface area contributed by atoms with E-state index in [1.165, 1.54) is 5.69 Å². The van der Waals surface area contributed by atoms with Crippen LogP contribution in [0.15, 0.2) is 36.4 Å². The molecule has 0 aromatic heterocycles. The van der Waals surface area contributed by atoms with E-state index in [0.29, 0.717) is 11.5 Å². The third kappa shape index (κ3) is 6.67. The molecule has 0 bridgehead atoms. The maximum Gasteiger partial charge on any atom is 0.414 e. The van der Waals surface area contributed by atoms with Gasteiger partial charge in [0.15, 0.2) is 11.5 Å². The van der Waals surface area contributed by atoms with Gasteiger partial charge in [0, 0.05) is 38.4 Å². The van der Waals surface area contributed by atoms with Gasteiger partial charge in [0.1, 0.15) is 5.75 Å². The minimum absolute atomic E-state index is 0.0445. The number of methoxy groups -OCH3 is 3. The Balaban J connectivity index is 0.000000534. The zero-order valence-electron chi connectivity index (χ0n) is 18.3. The van der Waals surface area contributed by atoms with E-state index >= 15 is 0 Å². The minimum atomic E-state index is -1.82. The van der Waals surface area contributed by atoms with E-state index < -0.39 is 11.9 Å². The number of piperazine rings is 1. The number of benzene rings is 2. The molecule has 1 aliphatic rings. The number of carboxylic acids is 2. The molecule has 10 heteroatoms. The van der Waals surface area contributed by atoms with E-state index in [4.69, 9.17) is 34.0 Å². The Morgan fingerprint density at radius 1 is 0.844 bits per heavy atom. The molecular weight excluding hydrogens is 420 g/mol. The highest BCUT2D eigenvalue weighted by atomic mass is 16.5. The summed E-state index contributed by atoms with van der Waals surface area (Å²) in [4.78, 5) is 23.0. The molecule has 0 radical (unpaired) electrons. The number of phenols is 1. The molecule has 174 valence electrons. The van der Waals surface area contributed by atoms with E-state index in [2.05, 4.69) is 21.9 Å². The number of carbonyl (C=O) groups is 2. The summed E-state index contributed by atoms with van der Waals surface area (Å²) in [5.41, 5.74) is 2.29. The third-order valence-corrected chi connectivity index (χ3v) is 4.94. The first-order valence-corrected chi connectivity index (χ1v) is 9.80. The number of carboxylic acid groups (broad SMARTS) is 2. The summed E-state index contributed by atoms with van der Waals surface area (Å²) in [6.07, 6.45) is 0. The molecule has 0 amide bonds. The summed E-state index contributed by atoms with van der Waals surface area (Å²) in [6.45, 7) is 4.68. The van der Waals surface area contributed by atoms with Crippen LogP contribution in [-0.2, 0) is 16.1 Å². The van der Waals surface area contributed by atoms with Crippen molar-refractivity contribution >= 4 is 17.6 Å². The highest BCUT2D eigenvalue weighted by Gasteiger charge is 2.19. The van der Waals surface area contributed by atoms with Crippen LogP contribution in [-0.4, -0.2) is 79.7 Å². The summed E-state index contributed by atoms with van der Waals surface area (Å²) in [5, 5.41) is 24.8. The molecule has 0 unspecified atom stereocenters. The van der Waals surface area contributed by atoms with Crippen LogP contribution in [0, 0.1) is 0 Å². The molecule has 0 spiro atoms. The molecule has 1 aliphatic heterocycles. The topological polar surface area (TPSA) is 129 Å². The quantitative estimate of drug-likeness (QED) is 0.564. The van der Waals surface area contributed by atoms with Crippen molar-refractivity contribution in [1.82, 2.24) is 4.90 Å². The Morgan fingerprint density at radius 2 is 1.34 bits per heavy atom. The van der Waals surface area contributed by atoms with Gasteiger partial charge in [-0.05, 0) is 42.0 Å². The second-order valence-corrected chi connectivity index (χ2v) is 6.92. The Bertz CT molecular complexity index is 872. The smallest absolute Gasteiger partial charge is 0.414 e. The van der Waals surface area contributed by atoms with E-state index in [9.17, 15) is 5.11 Å². The third-order valence-electron chi connectivity index (χ3n) is 4.94. The first-order chi connectivity index (χ1) is 15.3. The Labute approximate surface area is 186 Å². The van der Waals surface area contributed by atoms with Crippen molar-refractivity contribution in [1.29, 1.82) is 0 Å². The number of rotatable bonds is 6. The van der Waals surface area contributed by atoms with Crippen molar-refractivity contribution in [3.8, 4) is 23.0 Å². The molecule has 0 saturated carbocycles. The van der Waals surface area contributed by atoms with Gasteiger partial charge in [-0.15, -0.1) is 0 Å². The van der Waals surface area contributed by atoms with E-state index in [-0.39, 0.29) is 5.75 Å². The predicted octanol–water partition coefficient (Wildman–Crippen LogP) is 1.90. The predicted molar refractivity (Wildman–Crippen MR) is 117 cm³/mol. The number of nitrogens with zero attached hydrogens (tertiary/aromatic N) is 2. The second kappa shape index (κ2) is 11.7. The van der Waals surface area contributed by atoms with Crippen LogP contribution >= 0.6 is 0 Å². The van der Waals surface area contributed by atoms with Gasteiger partial charge in [0.25, 0.3) is 0 Å². The summed E-state index contributed by atoms with van der Waals surface area (Å²) < 4.78 is 15.7. The van der Waals surface area contributed by atoms with Crippen molar-refractivity contribution in [2.24, 2.45) is 0 Å². The van der Waals surface area contributed by atoms with Gasteiger partial charge in [-0.25, -0.2) is 9.59 Å². The number of aliphatic carboxylic acids is 2. The minimum Gasteiger partial charge on any atom is -0.502 e. The lowest BCUT2D eigenvalue weighted by atomic mass is 10.1. The maximum absolute atomic E-state index is 10.0. The van der Waals surface area contributed by atoms with E-state index in [1.54, 1.807) is 21.3 Å². The molecule has 10 nitrogen and oxygen atoms in total. The van der Waals surface area contributed by atoms with Crippen LogP contribution in [0.3, 0.4) is 0 Å². The van der Waals surface area contributed by atoms with Crippen LogP contribution in [0.4, 0.5) is 5.69 Å². The van der Waals surface area contributed by atoms with Crippen molar-refractivity contribution in [2.45, 2.75) is 6.54 Å². The van der Waals surface area contributed by atoms with E-state index in [1.807, 2.05) is 24.3 Å². The summed E-state index contributed by atoms with van der Waals surface area (Å²) in [7, 11) is 4.78. The maximum atomic E-state index is 10.0. The fraction of sp³-hybridized carbons (Fsp3) is 0.364. The van der Waals surface area contributed by atoms with Crippen molar-refractivity contribution in [2.75, 3.05) is 52.4 Å². The summed E-state index contributed by atoms with van der Waals surface area (Å²) >= 11 is 0. The molecule has 3 N–H and O–H groups in total. The first-order valence-electron chi connectivity index (χ1n) is 9.80. The molecule has 1 heterocycles. The van der Waals surface area contributed by atoms with E-state index in [0.717, 1.165) is 44.0 Å². The molecule has 32 heavy (non-hydrogen) atoms. The van der Waals surface area contributed by atoms with Gasteiger partial charge in [0.2, 0.25) is 5.75 Å². The number of hydrogen-bond donors (Lipinski definition) is 3. The van der Waals surface area contributed by atoms with Crippen LogP contribution in [0.1, 0.15) is 5.56 Å². The Kier molecular flexibility index (Phi) is 8.96. The van der Waals surface area contributed by atoms with Gasteiger partial charge in [-0.1, -0.05) is 0 Å². The molecular formula is C22H28N2O8. The van der Waals surface area contributed by atoms with Crippen molar-refractivity contribution in [3.63, 3.8) is 0 Å². The van der Waals surface area contributed by atoms with Gasteiger partial charge in [-0.2, -0.15) is 0 Å². The van der Waals surface area contributed by atoms with Crippen LogP contribution in [0.25, 0.3) is 0 Å². The lowest BCUT2D eigenvalue weighted by Crippen LogP contribution is -2.45. The monoisotopic (exact) mass is 448 g/mol. The van der Waals surface area contributed by atoms with Crippen LogP contribution in [0.2, 0.25) is 0 Å². The van der Waals surface area contributed by atoms with Gasteiger partial charge in [-0.3, -0.25) is 4.90 Å². The second-order valence-electron chi connectivity index (χ2n) is 6.92. The average molecular weight is 448 g/mol. The lowest BCUT2D eigenvalue weighted by molar-refractivity contribution is -0.159. The standard InChI is InChI=1S/C20H26N2O4.C2H2O4/c1-24-17-6-4-16(5-7-17)22-10-8-21(9-11-22)14-15-12-18(25-2)20(23)19(13-15)26-3;3-1(4)2(5)6/h4-7,12-13,23H,8-11,14H2,1-3H3;(H,3,4)(H,5,6). The lowest BCUT2D eigenvalue weighted by Gasteiger charge is -2.36. The van der Waals surface area contributed by atoms with Crippen LogP contribution < -0.4 is 19.1 Å². The Hall–Kier alpha value is -3.66. The largest absolute Gasteiger partial charge is 0.502 e.